The highest BCUT2D eigenvalue weighted by molar-refractivity contribution is 5.73. The zero-order chi connectivity index (χ0) is 16.2. The number of hydrogen-bond acceptors (Lipinski definition) is 4. The van der Waals surface area contributed by atoms with Crippen LogP contribution in [0.2, 0.25) is 0 Å². The van der Waals surface area contributed by atoms with Crippen molar-refractivity contribution in [3.05, 3.63) is 54.2 Å². The van der Waals surface area contributed by atoms with Gasteiger partial charge in [0.25, 0.3) is 0 Å². The van der Waals surface area contributed by atoms with E-state index in [4.69, 9.17) is 4.74 Å². The van der Waals surface area contributed by atoms with Crippen LogP contribution in [-0.4, -0.2) is 37.1 Å². The predicted octanol–water partition coefficient (Wildman–Crippen LogP) is 2.20. The van der Waals surface area contributed by atoms with Gasteiger partial charge < -0.3 is 15.0 Å². The lowest BCUT2D eigenvalue weighted by molar-refractivity contribution is -0.119. The predicted molar refractivity (Wildman–Crippen MR) is 89.8 cm³/mol. The van der Waals surface area contributed by atoms with Crippen molar-refractivity contribution in [2.24, 2.45) is 0 Å². The molecule has 1 fully saturated rings. The van der Waals surface area contributed by atoms with E-state index in [2.05, 4.69) is 27.3 Å². The molecule has 5 nitrogen and oxygen atoms in total. The lowest BCUT2D eigenvalue weighted by Gasteiger charge is -2.19. The Morgan fingerprint density at radius 2 is 2.00 bits per heavy atom. The summed E-state index contributed by atoms with van der Waals surface area (Å²) in [5.41, 5.74) is 1.20. The molecule has 1 aromatic heterocycles. The molecule has 1 N–H and O–H groups in total. The molecule has 2 aromatic rings. The second kappa shape index (κ2) is 6.69. The molecule has 2 heterocycles. The summed E-state index contributed by atoms with van der Waals surface area (Å²) in [7, 11) is 1.66. The largest absolute Gasteiger partial charge is 0.497 e. The van der Waals surface area contributed by atoms with Crippen LogP contribution in [0.3, 0.4) is 0 Å². The first-order chi connectivity index (χ1) is 11.2. The first kappa shape index (κ1) is 15.3. The number of amides is 1. The highest BCUT2D eigenvalue weighted by Crippen LogP contribution is 2.31. The lowest BCUT2D eigenvalue weighted by atomic mass is 9.94. The molecule has 120 valence electrons. The van der Waals surface area contributed by atoms with E-state index >= 15 is 0 Å². The van der Waals surface area contributed by atoms with Gasteiger partial charge in [-0.2, -0.15) is 0 Å². The Labute approximate surface area is 136 Å². The highest BCUT2D eigenvalue weighted by atomic mass is 16.5. The Bertz CT molecular complexity index is 658. The van der Waals surface area contributed by atoms with Crippen molar-refractivity contribution in [2.45, 2.75) is 18.9 Å². The van der Waals surface area contributed by atoms with Crippen LogP contribution in [0.4, 0.5) is 5.82 Å². The maximum Gasteiger partial charge on any atom is 0.217 e. The maximum absolute atomic E-state index is 11.6. The molecule has 0 aliphatic carbocycles. The molecule has 1 saturated heterocycles. The number of nitrogens with zero attached hydrogens (tertiary/aromatic N) is 2. The quantitative estimate of drug-likeness (QED) is 0.940. The summed E-state index contributed by atoms with van der Waals surface area (Å²) in [6.45, 7) is 3.15. The number of ether oxygens (including phenoxy) is 1. The lowest BCUT2D eigenvalue weighted by Crippen LogP contribution is -2.38. The summed E-state index contributed by atoms with van der Waals surface area (Å²) in [6, 6.07) is 14.0. The van der Waals surface area contributed by atoms with Gasteiger partial charge in [-0.15, -0.1) is 0 Å². The van der Waals surface area contributed by atoms with Gasteiger partial charge in [0, 0.05) is 32.1 Å². The van der Waals surface area contributed by atoms with Gasteiger partial charge in [0.15, 0.2) is 0 Å². The van der Waals surface area contributed by atoms with Crippen LogP contribution in [0.1, 0.15) is 18.4 Å². The number of carbonyl (C=O) groups excluding carboxylic acids is 1. The van der Waals surface area contributed by atoms with Crippen molar-refractivity contribution >= 4 is 11.7 Å². The molecule has 0 bridgehead atoms. The van der Waals surface area contributed by atoms with E-state index in [1.807, 2.05) is 30.3 Å². The zero-order valence-electron chi connectivity index (χ0n) is 13.4. The molecular weight excluding hydrogens is 290 g/mol. The van der Waals surface area contributed by atoms with Crippen LogP contribution in [-0.2, 0) is 4.79 Å². The van der Waals surface area contributed by atoms with Gasteiger partial charge >= 0.3 is 0 Å². The standard InChI is InChI=1S/C18H21N3O2/c1-13(22)20-17-12-21(18-5-3-4-10-19-18)11-16(17)14-6-8-15(23-2)9-7-14/h3-10,16-17H,11-12H2,1-2H3,(H,20,22)/t16-,17+/m0/s1. The van der Waals surface area contributed by atoms with E-state index in [1.165, 1.54) is 5.56 Å². The minimum absolute atomic E-state index is 0.00335. The summed E-state index contributed by atoms with van der Waals surface area (Å²) >= 11 is 0. The molecule has 1 aromatic carbocycles. The van der Waals surface area contributed by atoms with Crippen molar-refractivity contribution in [1.29, 1.82) is 0 Å². The smallest absolute Gasteiger partial charge is 0.217 e. The van der Waals surface area contributed by atoms with Crippen LogP contribution in [0.15, 0.2) is 48.7 Å². The first-order valence-electron chi connectivity index (χ1n) is 7.74. The number of nitrogens with one attached hydrogen (secondary N) is 1. The molecule has 1 amide bonds. The summed E-state index contributed by atoms with van der Waals surface area (Å²) in [5, 5.41) is 3.08. The Morgan fingerprint density at radius 3 is 2.61 bits per heavy atom. The van der Waals surface area contributed by atoms with Crippen molar-refractivity contribution in [3.8, 4) is 5.75 Å². The van der Waals surface area contributed by atoms with Crippen LogP contribution in [0.5, 0.6) is 5.75 Å². The van der Waals surface area contributed by atoms with E-state index in [9.17, 15) is 4.79 Å². The van der Waals surface area contributed by atoms with Gasteiger partial charge in [-0.25, -0.2) is 4.98 Å². The number of benzene rings is 1. The second-order valence-corrected chi connectivity index (χ2v) is 5.78. The van der Waals surface area contributed by atoms with Crippen LogP contribution in [0, 0.1) is 0 Å². The van der Waals surface area contributed by atoms with Gasteiger partial charge in [-0.1, -0.05) is 18.2 Å². The van der Waals surface area contributed by atoms with Gasteiger partial charge in [-0.05, 0) is 29.8 Å². The van der Waals surface area contributed by atoms with Crippen molar-refractivity contribution in [3.63, 3.8) is 0 Å². The number of pyridine rings is 1. The van der Waals surface area contributed by atoms with E-state index < -0.39 is 0 Å². The number of methoxy groups -OCH3 is 1. The highest BCUT2D eigenvalue weighted by Gasteiger charge is 2.34. The normalized spacial score (nSPS) is 20.3. The number of aromatic nitrogens is 1. The van der Waals surface area contributed by atoms with E-state index in [-0.39, 0.29) is 17.9 Å². The molecule has 5 heteroatoms. The number of hydrogen-bond donors (Lipinski definition) is 1. The molecule has 1 aliphatic heterocycles. The summed E-state index contributed by atoms with van der Waals surface area (Å²) in [5.74, 6) is 2.01. The fourth-order valence-corrected chi connectivity index (χ4v) is 3.13. The number of carbonyl (C=O) groups is 1. The Balaban J connectivity index is 1.84. The van der Waals surface area contributed by atoms with Gasteiger partial charge in [0.2, 0.25) is 5.91 Å². The molecule has 1 aliphatic rings. The molecular formula is C18H21N3O2. The van der Waals surface area contributed by atoms with E-state index in [1.54, 1.807) is 20.2 Å². The fourth-order valence-electron chi connectivity index (χ4n) is 3.13. The Kier molecular flexibility index (Phi) is 4.46. The minimum atomic E-state index is -0.00335. The van der Waals surface area contributed by atoms with Crippen molar-refractivity contribution in [1.82, 2.24) is 10.3 Å². The van der Waals surface area contributed by atoms with Crippen LogP contribution in [0.25, 0.3) is 0 Å². The Hall–Kier alpha value is -2.56. The maximum atomic E-state index is 11.6. The topological polar surface area (TPSA) is 54.5 Å². The third-order valence-corrected chi connectivity index (χ3v) is 4.23. The van der Waals surface area contributed by atoms with Crippen LogP contribution < -0.4 is 15.0 Å². The summed E-state index contributed by atoms with van der Waals surface area (Å²) in [4.78, 5) is 18.2. The third-order valence-electron chi connectivity index (χ3n) is 4.23. The average molecular weight is 311 g/mol. The van der Waals surface area contributed by atoms with Gasteiger partial charge in [0.05, 0.1) is 13.2 Å². The molecule has 0 saturated carbocycles. The van der Waals surface area contributed by atoms with Crippen molar-refractivity contribution in [2.75, 3.05) is 25.1 Å². The fraction of sp³-hybridized carbons (Fsp3) is 0.333. The van der Waals surface area contributed by atoms with Crippen LogP contribution >= 0.6 is 0 Å². The molecule has 23 heavy (non-hydrogen) atoms. The molecule has 0 spiro atoms. The Morgan fingerprint density at radius 1 is 1.22 bits per heavy atom. The molecule has 0 radical (unpaired) electrons. The van der Waals surface area contributed by atoms with Gasteiger partial charge in [-0.3, -0.25) is 4.79 Å². The van der Waals surface area contributed by atoms with E-state index in [0.717, 1.165) is 24.7 Å². The van der Waals surface area contributed by atoms with Crippen molar-refractivity contribution < 1.29 is 9.53 Å². The second-order valence-electron chi connectivity index (χ2n) is 5.78. The number of anilines is 1. The third kappa shape index (κ3) is 3.44. The first-order valence-corrected chi connectivity index (χ1v) is 7.74. The molecule has 3 rings (SSSR count). The molecule has 0 unspecified atom stereocenters. The summed E-state index contributed by atoms with van der Waals surface area (Å²) in [6.07, 6.45) is 1.80. The number of rotatable bonds is 4. The monoisotopic (exact) mass is 311 g/mol. The average Bonchev–Trinajstić information content (AvgIpc) is 2.99. The SMILES string of the molecule is COc1ccc([C@@H]2CN(c3ccccn3)C[C@H]2NC(C)=O)cc1. The zero-order valence-corrected chi connectivity index (χ0v) is 13.4. The summed E-state index contributed by atoms with van der Waals surface area (Å²) < 4.78 is 5.22. The van der Waals surface area contributed by atoms with Gasteiger partial charge in [0.1, 0.15) is 11.6 Å². The van der Waals surface area contributed by atoms with E-state index in [0.29, 0.717) is 0 Å². The molecule has 2 atom stereocenters. The minimum Gasteiger partial charge on any atom is -0.497 e.